The van der Waals surface area contributed by atoms with Gasteiger partial charge in [0.25, 0.3) is 5.91 Å². The molecule has 5 heteroatoms. The predicted molar refractivity (Wildman–Crippen MR) is 91.5 cm³/mol. The van der Waals surface area contributed by atoms with Crippen LogP contribution < -0.4 is 5.32 Å². The number of aromatic nitrogens is 2. The fourth-order valence-corrected chi connectivity index (χ4v) is 3.17. The van der Waals surface area contributed by atoms with Crippen LogP contribution in [-0.4, -0.2) is 15.5 Å². The number of pyridine rings is 1. The Morgan fingerprint density at radius 1 is 1.33 bits per heavy atom. The van der Waals surface area contributed by atoms with Crippen molar-refractivity contribution in [3.8, 4) is 0 Å². The molecule has 1 aromatic carbocycles. The van der Waals surface area contributed by atoms with E-state index < -0.39 is 5.82 Å². The zero-order valence-corrected chi connectivity index (χ0v) is 13.4. The zero-order valence-electron chi connectivity index (χ0n) is 13.4. The van der Waals surface area contributed by atoms with E-state index in [1.54, 1.807) is 0 Å². The highest BCUT2D eigenvalue weighted by atomic mass is 19.1. The Bertz CT molecular complexity index is 928. The number of carbonyl (C=O) groups is 1. The summed E-state index contributed by atoms with van der Waals surface area (Å²) in [5.74, 6) is -0.123. The summed E-state index contributed by atoms with van der Waals surface area (Å²) in [7, 11) is 0. The summed E-state index contributed by atoms with van der Waals surface area (Å²) in [6.07, 6.45) is 5.05. The minimum atomic E-state index is -0.537. The van der Waals surface area contributed by atoms with Gasteiger partial charge >= 0.3 is 0 Å². The maximum Gasteiger partial charge on any atom is 0.258 e. The number of hydrogen-bond acceptors (Lipinski definition) is 2. The molecule has 1 aliphatic rings. The van der Waals surface area contributed by atoms with Crippen LogP contribution >= 0.6 is 0 Å². The third kappa shape index (κ3) is 2.56. The van der Waals surface area contributed by atoms with Gasteiger partial charge in [0.2, 0.25) is 0 Å². The molecule has 122 valence electrons. The van der Waals surface area contributed by atoms with Crippen LogP contribution in [0.5, 0.6) is 0 Å². The lowest BCUT2D eigenvalue weighted by Crippen LogP contribution is -2.15. The van der Waals surface area contributed by atoms with Crippen molar-refractivity contribution in [2.45, 2.75) is 26.3 Å². The van der Waals surface area contributed by atoms with Crippen LogP contribution in [0, 0.1) is 18.7 Å². The highest BCUT2D eigenvalue weighted by molar-refractivity contribution is 6.14. The number of amides is 1. The number of nitrogens with one attached hydrogen (secondary N) is 1. The van der Waals surface area contributed by atoms with Gasteiger partial charge in [0.1, 0.15) is 0 Å². The van der Waals surface area contributed by atoms with Gasteiger partial charge < -0.3 is 9.88 Å². The maximum atomic E-state index is 13.8. The van der Waals surface area contributed by atoms with Crippen LogP contribution in [-0.2, 0) is 6.54 Å². The number of para-hydroxylation sites is 1. The molecular weight excluding hydrogens is 305 g/mol. The van der Waals surface area contributed by atoms with E-state index in [9.17, 15) is 9.18 Å². The average molecular weight is 323 g/mol. The number of hydrogen-bond donors (Lipinski definition) is 1. The fourth-order valence-electron chi connectivity index (χ4n) is 3.17. The molecule has 0 aliphatic heterocycles. The normalized spacial score (nSPS) is 14.1. The molecule has 4 rings (SSSR count). The first-order valence-electron chi connectivity index (χ1n) is 8.14. The summed E-state index contributed by atoms with van der Waals surface area (Å²) in [5.41, 5.74) is 2.74. The molecule has 2 aromatic heterocycles. The van der Waals surface area contributed by atoms with Crippen LogP contribution in [0.25, 0.3) is 10.9 Å². The Labute approximate surface area is 139 Å². The Morgan fingerprint density at radius 3 is 2.88 bits per heavy atom. The third-order valence-corrected chi connectivity index (χ3v) is 4.62. The minimum Gasteiger partial charge on any atom is -0.344 e. The van der Waals surface area contributed by atoms with Crippen molar-refractivity contribution < 1.29 is 9.18 Å². The number of fused-ring (bicyclic) bond motifs is 1. The molecule has 0 spiro atoms. The molecular formula is C19H18FN3O. The van der Waals surface area contributed by atoms with E-state index in [4.69, 9.17) is 0 Å². The Kier molecular flexibility index (Phi) is 3.56. The van der Waals surface area contributed by atoms with Crippen LogP contribution in [0.1, 0.15) is 28.9 Å². The first-order chi connectivity index (χ1) is 11.6. The van der Waals surface area contributed by atoms with Gasteiger partial charge in [0.05, 0.1) is 17.4 Å². The van der Waals surface area contributed by atoms with Crippen molar-refractivity contribution >= 4 is 22.5 Å². The van der Waals surface area contributed by atoms with E-state index in [1.807, 2.05) is 31.2 Å². The third-order valence-electron chi connectivity index (χ3n) is 4.62. The van der Waals surface area contributed by atoms with Gasteiger partial charge in [-0.05, 0) is 37.8 Å². The van der Waals surface area contributed by atoms with Crippen LogP contribution in [0.3, 0.4) is 0 Å². The number of nitrogens with zero attached hydrogens (tertiary/aromatic N) is 2. The standard InChI is InChI=1S/C19H18FN3O/c1-12-18(19(24)22-16-8-9-21-10-15(16)20)14-4-2-3-5-17(14)23(12)11-13-6-7-13/h2-5,8-10,13H,6-7,11H2,1H3,(H,21,22,24). The molecule has 0 saturated heterocycles. The molecule has 0 atom stereocenters. The smallest absolute Gasteiger partial charge is 0.258 e. The Morgan fingerprint density at radius 2 is 2.12 bits per heavy atom. The van der Waals surface area contributed by atoms with E-state index >= 15 is 0 Å². The first kappa shape index (κ1) is 14.9. The molecule has 1 saturated carbocycles. The molecule has 4 nitrogen and oxygen atoms in total. The van der Waals surface area contributed by atoms with Crippen molar-refractivity contribution in [1.82, 2.24) is 9.55 Å². The summed E-state index contributed by atoms with van der Waals surface area (Å²) in [6, 6.07) is 9.35. The predicted octanol–water partition coefficient (Wildman–Crippen LogP) is 4.15. The quantitative estimate of drug-likeness (QED) is 0.784. The van der Waals surface area contributed by atoms with Crippen molar-refractivity contribution in [2.75, 3.05) is 5.32 Å². The molecule has 1 amide bonds. The molecule has 2 heterocycles. The van der Waals surface area contributed by atoms with Crippen LogP contribution in [0.2, 0.25) is 0 Å². The Balaban J connectivity index is 1.76. The summed E-state index contributed by atoms with van der Waals surface area (Å²) in [5, 5.41) is 3.58. The zero-order chi connectivity index (χ0) is 16.7. The van der Waals surface area contributed by atoms with Crippen LogP contribution in [0.15, 0.2) is 42.7 Å². The molecule has 0 radical (unpaired) electrons. The number of halogens is 1. The van der Waals surface area contributed by atoms with Crippen molar-refractivity contribution in [2.24, 2.45) is 5.92 Å². The van der Waals surface area contributed by atoms with E-state index in [0.717, 1.165) is 29.3 Å². The number of benzene rings is 1. The van der Waals surface area contributed by atoms with E-state index in [-0.39, 0.29) is 11.6 Å². The van der Waals surface area contributed by atoms with E-state index in [2.05, 4.69) is 14.9 Å². The second-order valence-corrected chi connectivity index (χ2v) is 6.34. The van der Waals surface area contributed by atoms with Gasteiger partial charge in [-0.25, -0.2) is 4.39 Å². The molecule has 1 fully saturated rings. The summed E-state index contributed by atoms with van der Waals surface area (Å²) in [6.45, 7) is 2.89. The molecule has 1 N–H and O–H groups in total. The summed E-state index contributed by atoms with van der Waals surface area (Å²) < 4.78 is 16.0. The average Bonchev–Trinajstić information content (AvgIpc) is 3.35. The highest BCUT2D eigenvalue weighted by Crippen LogP contribution is 2.34. The van der Waals surface area contributed by atoms with E-state index in [0.29, 0.717) is 11.5 Å². The van der Waals surface area contributed by atoms with Crippen molar-refractivity contribution in [3.05, 3.63) is 59.8 Å². The Hall–Kier alpha value is -2.69. The summed E-state index contributed by atoms with van der Waals surface area (Å²) in [4.78, 5) is 16.5. The second-order valence-electron chi connectivity index (χ2n) is 6.34. The topological polar surface area (TPSA) is 46.9 Å². The largest absolute Gasteiger partial charge is 0.344 e. The summed E-state index contributed by atoms with van der Waals surface area (Å²) >= 11 is 0. The number of rotatable bonds is 4. The van der Waals surface area contributed by atoms with Gasteiger partial charge in [-0.15, -0.1) is 0 Å². The number of anilines is 1. The van der Waals surface area contributed by atoms with Crippen molar-refractivity contribution in [3.63, 3.8) is 0 Å². The van der Waals surface area contributed by atoms with E-state index in [1.165, 1.54) is 25.1 Å². The van der Waals surface area contributed by atoms with Crippen molar-refractivity contribution in [1.29, 1.82) is 0 Å². The lowest BCUT2D eigenvalue weighted by molar-refractivity contribution is 0.102. The molecule has 0 bridgehead atoms. The van der Waals surface area contributed by atoms with Gasteiger partial charge in [0, 0.05) is 29.3 Å². The first-order valence-corrected chi connectivity index (χ1v) is 8.14. The van der Waals surface area contributed by atoms with Gasteiger partial charge in [0.15, 0.2) is 5.82 Å². The SMILES string of the molecule is Cc1c(C(=O)Nc2ccncc2F)c2ccccc2n1CC1CC1. The van der Waals surface area contributed by atoms with Gasteiger partial charge in [-0.3, -0.25) is 9.78 Å². The second kappa shape index (κ2) is 5.74. The lowest BCUT2D eigenvalue weighted by Gasteiger charge is -2.08. The highest BCUT2D eigenvalue weighted by Gasteiger charge is 2.26. The van der Waals surface area contributed by atoms with Gasteiger partial charge in [-0.1, -0.05) is 18.2 Å². The molecule has 24 heavy (non-hydrogen) atoms. The maximum absolute atomic E-state index is 13.8. The van der Waals surface area contributed by atoms with Crippen LogP contribution in [0.4, 0.5) is 10.1 Å². The number of carbonyl (C=O) groups excluding carboxylic acids is 1. The molecule has 0 unspecified atom stereocenters. The fraction of sp³-hybridized carbons (Fsp3) is 0.263. The monoisotopic (exact) mass is 323 g/mol. The minimum absolute atomic E-state index is 0.147. The lowest BCUT2D eigenvalue weighted by atomic mass is 10.1. The van der Waals surface area contributed by atoms with Gasteiger partial charge in [-0.2, -0.15) is 0 Å². The molecule has 1 aliphatic carbocycles. The molecule has 3 aromatic rings.